The molecule has 0 saturated carbocycles. The van der Waals surface area contributed by atoms with Crippen molar-refractivity contribution in [2.75, 3.05) is 24.3 Å². The molecule has 0 atom stereocenters. The van der Waals surface area contributed by atoms with E-state index < -0.39 is 17.6 Å². The van der Waals surface area contributed by atoms with E-state index in [0.29, 0.717) is 5.71 Å². The predicted molar refractivity (Wildman–Crippen MR) is 113 cm³/mol. The zero-order chi connectivity index (χ0) is 21.5. The van der Waals surface area contributed by atoms with Crippen molar-refractivity contribution in [1.29, 1.82) is 0 Å². The summed E-state index contributed by atoms with van der Waals surface area (Å²) in [5.74, 6) is -0.419. The monoisotopic (exact) mass is 430 g/mol. The van der Waals surface area contributed by atoms with Crippen LogP contribution in [-0.2, 0) is 11.0 Å². The molecule has 5 nitrogen and oxygen atoms in total. The molecule has 30 heavy (non-hydrogen) atoms. The van der Waals surface area contributed by atoms with Gasteiger partial charge in [0.15, 0.2) is 0 Å². The average Bonchev–Trinajstić information content (AvgIpc) is 3.16. The summed E-state index contributed by atoms with van der Waals surface area (Å²) >= 11 is 1.48. The highest BCUT2D eigenvalue weighted by Gasteiger charge is 2.35. The molecule has 4 rings (SSSR count). The van der Waals surface area contributed by atoms with Gasteiger partial charge in [0.2, 0.25) is 5.91 Å². The summed E-state index contributed by atoms with van der Waals surface area (Å²) in [4.78, 5) is 22.7. The van der Waals surface area contributed by atoms with E-state index in [1.54, 1.807) is 5.51 Å². The number of hydrogen-bond donors (Lipinski definition) is 1. The molecule has 9 heteroatoms. The molecule has 1 amide bonds. The van der Waals surface area contributed by atoms with Crippen molar-refractivity contribution >= 4 is 40.0 Å². The van der Waals surface area contributed by atoms with Gasteiger partial charge in [-0.05, 0) is 23.8 Å². The summed E-state index contributed by atoms with van der Waals surface area (Å²) < 4.78 is 40.6. The molecule has 0 bridgehead atoms. The van der Waals surface area contributed by atoms with Crippen LogP contribution in [0.3, 0.4) is 0 Å². The number of benzene rings is 2. The number of rotatable bonds is 3. The van der Waals surface area contributed by atoms with Crippen molar-refractivity contribution in [2.45, 2.75) is 12.6 Å². The molecule has 0 aliphatic carbocycles. The summed E-state index contributed by atoms with van der Waals surface area (Å²) in [6, 6.07) is 9.75. The lowest BCUT2D eigenvalue weighted by molar-refractivity contribution is -0.137. The molecule has 1 aromatic heterocycles. The summed E-state index contributed by atoms with van der Waals surface area (Å²) in [6.07, 6.45) is -4.60. The SMILES string of the molecule is CN(C)c1cc2c(cc1C(F)(F)F)NC(=O)CC(c1cccc(-c3cscn3)c1)=N2. The standard InChI is InChI=1S/C21H17F3N4OS/c1-28(2)19-8-17-16(7-14(19)21(22,23)24)27-20(29)9-15(26-17)12-4-3-5-13(6-12)18-10-30-11-25-18/h3-8,10-11H,9H2,1-2H3,(H,27,29). The first-order valence-electron chi connectivity index (χ1n) is 9.01. The van der Waals surface area contributed by atoms with Crippen LogP contribution in [0.1, 0.15) is 17.5 Å². The molecule has 0 fully saturated rings. The number of alkyl halides is 3. The Morgan fingerprint density at radius 2 is 1.90 bits per heavy atom. The Hall–Kier alpha value is -3.20. The molecule has 1 aliphatic rings. The van der Waals surface area contributed by atoms with Crippen molar-refractivity contribution in [1.82, 2.24) is 4.98 Å². The second kappa shape index (κ2) is 7.56. The van der Waals surface area contributed by atoms with Crippen molar-refractivity contribution in [3.8, 4) is 11.3 Å². The van der Waals surface area contributed by atoms with Crippen LogP contribution < -0.4 is 10.2 Å². The minimum absolute atomic E-state index is 0.0169. The van der Waals surface area contributed by atoms with Gasteiger partial charge in [-0.15, -0.1) is 11.3 Å². The molecule has 3 aromatic rings. The minimum Gasteiger partial charge on any atom is -0.377 e. The average molecular weight is 430 g/mol. The Morgan fingerprint density at radius 1 is 1.13 bits per heavy atom. The highest BCUT2D eigenvalue weighted by molar-refractivity contribution is 7.07. The highest BCUT2D eigenvalue weighted by atomic mass is 32.1. The number of carbonyl (C=O) groups excluding carboxylic acids is 1. The topological polar surface area (TPSA) is 57.6 Å². The molecular formula is C21H17F3N4OS. The van der Waals surface area contributed by atoms with Crippen LogP contribution >= 0.6 is 11.3 Å². The minimum atomic E-state index is -4.56. The number of nitrogens with one attached hydrogen (secondary N) is 1. The number of halogens is 3. The number of nitrogens with zero attached hydrogens (tertiary/aromatic N) is 3. The number of fused-ring (bicyclic) bond motifs is 1. The summed E-state index contributed by atoms with van der Waals surface area (Å²) in [7, 11) is 3.07. The Bertz CT molecular complexity index is 1140. The number of anilines is 2. The quantitative estimate of drug-likeness (QED) is 0.609. The van der Waals surface area contributed by atoms with E-state index in [1.165, 1.54) is 36.4 Å². The molecule has 0 saturated heterocycles. The zero-order valence-electron chi connectivity index (χ0n) is 16.1. The Labute approximate surface area is 174 Å². The van der Waals surface area contributed by atoms with Crippen LogP contribution in [0, 0.1) is 0 Å². The second-order valence-electron chi connectivity index (χ2n) is 7.02. The maximum absolute atomic E-state index is 13.5. The third-order valence-electron chi connectivity index (χ3n) is 4.68. The van der Waals surface area contributed by atoms with E-state index in [9.17, 15) is 18.0 Å². The lowest BCUT2D eigenvalue weighted by Crippen LogP contribution is -2.18. The van der Waals surface area contributed by atoms with E-state index in [-0.39, 0.29) is 23.5 Å². The van der Waals surface area contributed by atoms with Crippen LogP contribution in [0.25, 0.3) is 11.3 Å². The van der Waals surface area contributed by atoms with Gasteiger partial charge in [0, 0.05) is 25.0 Å². The fraction of sp³-hybridized carbons (Fsp3) is 0.190. The normalized spacial score (nSPS) is 13.9. The van der Waals surface area contributed by atoms with Gasteiger partial charge in [-0.25, -0.2) is 4.98 Å². The number of amides is 1. The van der Waals surface area contributed by atoms with Gasteiger partial charge in [0.25, 0.3) is 0 Å². The molecule has 2 heterocycles. The van der Waals surface area contributed by atoms with Gasteiger partial charge in [0.1, 0.15) is 0 Å². The third kappa shape index (κ3) is 3.93. The molecule has 1 N–H and O–H groups in total. The summed E-state index contributed by atoms with van der Waals surface area (Å²) in [6.45, 7) is 0. The van der Waals surface area contributed by atoms with E-state index in [0.717, 1.165) is 22.9 Å². The lowest BCUT2D eigenvalue weighted by Gasteiger charge is -2.21. The first kappa shape index (κ1) is 20.1. The Balaban J connectivity index is 1.84. The fourth-order valence-electron chi connectivity index (χ4n) is 3.28. The molecule has 0 spiro atoms. The van der Waals surface area contributed by atoms with Gasteiger partial charge < -0.3 is 10.2 Å². The molecule has 154 valence electrons. The van der Waals surface area contributed by atoms with Gasteiger partial charge in [-0.1, -0.05) is 18.2 Å². The molecule has 0 radical (unpaired) electrons. The summed E-state index contributed by atoms with van der Waals surface area (Å²) in [5, 5.41) is 4.47. The van der Waals surface area contributed by atoms with Crippen LogP contribution in [0.5, 0.6) is 0 Å². The Kier molecular flexibility index (Phi) is 5.07. The number of thiazole rings is 1. The van der Waals surface area contributed by atoms with E-state index in [4.69, 9.17) is 0 Å². The maximum Gasteiger partial charge on any atom is 0.418 e. The first-order chi connectivity index (χ1) is 14.2. The van der Waals surface area contributed by atoms with Crippen molar-refractivity contribution in [3.05, 3.63) is 58.4 Å². The van der Waals surface area contributed by atoms with Gasteiger partial charge >= 0.3 is 6.18 Å². The Morgan fingerprint density at radius 3 is 2.57 bits per heavy atom. The van der Waals surface area contributed by atoms with Crippen molar-refractivity contribution < 1.29 is 18.0 Å². The van der Waals surface area contributed by atoms with Crippen LogP contribution in [0.2, 0.25) is 0 Å². The van der Waals surface area contributed by atoms with E-state index in [1.807, 2.05) is 29.6 Å². The zero-order valence-corrected chi connectivity index (χ0v) is 16.9. The molecular weight excluding hydrogens is 413 g/mol. The van der Waals surface area contributed by atoms with E-state index >= 15 is 0 Å². The number of carbonyl (C=O) groups is 1. The first-order valence-corrected chi connectivity index (χ1v) is 9.95. The number of aliphatic imine (C=N–C) groups is 1. The van der Waals surface area contributed by atoms with Crippen LogP contribution in [0.15, 0.2) is 52.3 Å². The fourth-order valence-corrected chi connectivity index (χ4v) is 3.84. The van der Waals surface area contributed by atoms with E-state index in [2.05, 4.69) is 15.3 Å². The smallest absolute Gasteiger partial charge is 0.377 e. The highest BCUT2D eigenvalue weighted by Crippen LogP contribution is 2.43. The molecule has 2 aromatic carbocycles. The van der Waals surface area contributed by atoms with Gasteiger partial charge in [-0.2, -0.15) is 13.2 Å². The van der Waals surface area contributed by atoms with Gasteiger partial charge in [-0.3, -0.25) is 9.79 Å². The van der Waals surface area contributed by atoms with Crippen LogP contribution in [-0.4, -0.2) is 30.7 Å². The van der Waals surface area contributed by atoms with Crippen molar-refractivity contribution in [3.63, 3.8) is 0 Å². The lowest BCUT2D eigenvalue weighted by atomic mass is 10.0. The van der Waals surface area contributed by atoms with Crippen molar-refractivity contribution in [2.24, 2.45) is 4.99 Å². The summed E-state index contributed by atoms with van der Waals surface area (Å²) in [5.41, 5.74) is 4.11. The largest absolute Gasteiger partial charge is 0.418 e. The maximum atomic E-state index is 13.5. The molecule has 1 aliphatic heterocycles. The molecule has 0 unspecified atom stereocenters. The second-order valence-corrected chi connectivity index (χ2v) is 7.74. The number of aromatic nitrogens is 1. The van der Waals surface area contributed by atoms with Crippen LogP contribution in [0.4, 0.5) is 30.2 Å². The third-order valence-corrected chi connectivity index (χ3v) is 5.27. The predicted octanol–water partition coefficient (Wildman–Crippen LogP) is 5.36. The number of hydrogen-bond acceptors (Lipinski definition) is 5. The van der Waals surface area contributed by atoms with Gasteiger partial charge in [0.05, 0.1) is 46.0 Å².